The maximum absolute atomic E-state index is 12.5. The highest BCUT2D eigenvalue weighted by molar-refractivity contribution is 6.42. The summed E-state index contributed by atoms with van der Waals surface area (Å²) in [6, 6.07) is 12.4. The first-order valence-corrected chi connectivity index (χ1v) is 7.68. The smallest absolute Gasteiger partial charge is 0.239 e. The zero-order chi connectivity index (χ0) is 15.7. The molecule has 1 aliphatic carbocycles. The lowest BCUT2D eigenvalue weighted by molar-refractivity contribution is -0.128. The maximum Gasteiger partial charge on any atom is 0.239 e. The van der Waals surface area contributed by atoms with Crippen molar-refractivity contribution in [2.45, 2.75) is 18.8 Å². The number of nitrogens with one attached hydrogen (secondary N) is 1. The number of aryl methyl sites for hydroxylation is 1. The first-order chi connectivity index (χ1) is 10.6. The molecule has 0 saturated heterocycles. The van der Waals surface area contributed by atoms with Gasteiger partial charge in [-0.05, 0) is 35.7 Å². The number of ketones is 1. The van der Waals surface area contributed by atoms with Gasteiger partial charge in [0.25, 0.3) is 0 Å². The fraction of sp³-hybridized carbons (Fsp3) is 0.176. The second-order valence-electron chi connectivity index (χ2n) is 5.22. The Labute approximate surface area is 138 Å². The van der Waals surface area contributed by atoms with Gasteiger partial charge in [-0.1, -0.05) is 47.5 Å². The number of Topliss-reactive ketones (excluding diaryl/α,β-unsaturated/α-hetero) is 1. The Bertz CT molecular complexity index is 758. The van der Waals surface area contributed by atoms with Crippen LogP contribution in [0.5, 0.6) is 0 Å². The molecule has 0 aromatic heterocycles. The molecule has 22 heavy (non-hydrogen) atoms. The van der Waals surface area contributed by atoms with E-state index in [2.05, 4.69) is 5.32 Å². The van der Waals surface area contributed by atoms with Gasteiger partial charge in [-0.15, -0.1) is 0 Å². The largest absolute Gasteiger partial charge is 0.325 e. The molecule has 0 fully saturated rings. The number of carbonyl (C=O) groups excluding carboxylic acids is 2. The summed E-state index contributed by atoms with van der Waals surface area (Å²) in [5, 5.41) is 3.52. The van der Waals surface area contributed by atoms with E-state index in [1.54, 1.807) is 18.2 Å². The molecule has 3 nitrogen and oxygen atoms in total. The molecule has 0 heterocycles. The zero-order valence-corrected chi connectivity index (χ0v) is 13.1. The van der Waals surface area contributed by atoms with Gasteiger partial charge in [-0.3, -0.25) is 9.59 Å². The summed E-state index contributed by atoms with van der Waals surface area (Å²) in [7, 11) is 0. The Hall–Kier alpha value is -1.84. The number of anilines is 1. The molecule has 1 unspecified atom stereocenters. The molecule has 5 heteroatoms. The van der Waals surface area contributed by atoms with Gasteiger partial charge in [0.1, 0.15) is 11.7 Å². The summed E-state index contributed by atoms with van der Waals surface area (Å²) in [6.07, 6.45) is 1.07. The SMILES string of the molecule is O=C1CCc2ccccc2C1C(=O)Nc1ccc(Cl)c(Cl)c1. The van der Waals surface area contributed by atoms with Crippen molar-refractivity contribution in [1.82, 2.24) is 0 Å². The third-order valence-electron chi connectivity index (χ3n) is 3.78. The van der Waals surface area contributed by atoms with Crippen LogP contribution < -0.4 is 5.32 Å². The molecule has 0 aliphatic heterocycles. The fourth-order valence-electron chi connectivity index (χ4n) is 2.69. The second-order valence-corrected chi connectivity index (χ2v) is 6.03. The van der Waals surface area contributed by atoms with Crippen LogP contribution >= 0.6 is 23.2 Å². The van der Waals surface area contributed by atoms with Crippen molar-refractivity contribution in [2.24, 2.45) is 0 Å². The second kappa shape index (κ2) is 6.11. The summed E-state index contributed by atoms with van der Waals surface area (Å²) >= 11 is 11.8. The van der Waals surface area contributed by atoms with Gasteiger partial charge in [0.15, 0.2) is 0 Å². The molecule has 0 saturated carbocycles. The van der Waals surface area contributed by atoms with E-state index in [1.165, 1.54) is 0 Å². The third kappa shape index (κ3) is 2.87. The van der Waals surface area contributed by atoms with Crippen LogP contribution in [0.4, 0.5) is 5.69 Å². The highest BCUT2D eigenvalue weighted by atomic mass is 35.5. The molecule has 1 N–H and O–H groups in total. The van der Waals surface area contributed by atoms with E-state index in [0.29, 0.717) is 28.6 Å². The van der Waals surface area contributed by atoms with E-state index in [-0.39, 0.29) is 11.7 Å². The van der Waals surface area contributed by atoms with Gasteiger partial charge in [0.2, 0.25) is 5.91 Å². The van der Waals surface area contributed by atoms with Crippen LogP contribution in [0.3, 0.4) is 0 Å². The summed E-state index contributed by atoms with van der Waals surface area (Å²) in [5.74, 6) is -1.16. The molecule has 2 aromatic carbocycles. The van der Waals surface area contributed by atoms with Crippen LogP contribution in [0.1, 0.15) is 23.5 Å². The minimum atomic E-state index is -0.764. The molecule has 0 radical (unpaired) electrons. The third-order valence-corrected chi connectivity index (χ3v) is 4.52. The summed E-state index contributed by atoms with van der Waals surface area (Å²) in [6.45, 7) is 0. The van der Waals surface area contributed by atoms with Crippen LogP contribution in [0.25, 0.3) is 0 Å². The van der Waals surface area contributed by atoms with E-state index < -0.39 is 5.92 Å². The number of benzene rings is 2. The summed E-state index contributed by atoms with van der Waals surface area (Å²) in [5.41, 5.74) is 2.36. The van der Waals surface area contributed by atoms with Gasteiger partial charge in [0.05, 0.1) is 10.0 Å². The van der Waals surface area contributed by atoms with E-state index in [0.717, 1.165) is 11.1 Å². The van der Waals surface area contributed by atoms with Crippen molar-refractivity contribution < 1.29 is 9.59 Å². The van der Waals surface area contributed by atoms with E-state index in [9.17, 15) is 9.59 Å². The summed E-state index contributed by atoms with van der Waals surface area (Å²) in [4.78, 5) is 24.7. The predicted octanol–water partition coefficient (Wildman–Crippen LogP) is 4.23. The molecule has 0 bridgehead atoms. The van der Waals surface area contributed by atoms with Crippen LogP contribution in [0.15, 0.2) is 42.5 Å². The van der Waals surface area contributed by atoms with Crippen molar-refractivity contribution in [3.8, 4) is 0 Å². The zero-order valence-electron chi connectivity index (χ0n) is 11.6. The lowest BCUT2D eigenvalue weighted by Gasteiger charge is -2.23. The lowest BCUT2D eigenvalue weighted by Crippen LogP contribution is -2.31. The van der Waals surface area contributed by atoms with Crippen LogP contribution in [0, 0.1) is 0 Å². The molecule has 2 aromatic rings. The van der Waals surface area contributed by atoms with Crippen LogP contribution in [-0.2, 0) is 16.0 Å². The average Bonchev–Trinajstić information content (AvgIpc) is 2.50. The first-order valence-electron chi connectivity index (χ1n) is 6.92. The van der Waals surface area contributed by atoms with Gasteiger partial charge < -0.3 is 5.32 Å². The van der Waals surface area contributed by atoms with Gasteiger partial charge in [-0.2, -0.15) is 0 Å². The van der Waals surface area contributed by atoms with Crippen LogP contribution in [0.2, 0.25) is 10.0 Å². The number of hydrogen-bond donors (Lipinski definition) is 1. The Kier molecular flexibility index (Phi) is 4.19. The highest BCUT2D eigenvalue weighted by Crippen LogP contribution is 2.31. The Morgan fingerprint density at radius 3 is 2.59 bits per heavy atom. The normalized spacial score (nSPS) is 17.0. The molecule has 1 atom stereocenters. The number of rotatable bonds is 2. The molecule has 112 valence electrons. The topological polar surface area (TPSA) is 46.2 Å². The molecule has 0 spiro atoms. The number of hydrogen-bond acceptors (Lipinski definition) is 2. The number of amides is 1. The lowest BCUT2D eigenvalue weighted by atomic mass is 9.81. The summed E-state index contributed by atoms with van der Waals surface area (Å²) < 4.78 is 0. The van der Waals surface area contributed by atoms with Crippen molar-refractivity contribution >= 4 is 40.6 Å². The van der Waals surface area contributed by atoms with Gasteiger partial charge in [-0.25, -0.2) is 0 Å². The standard InChI is InChI=1S/C17H13Cl2NO2/c18-13-7-6-11(9-14(13)19)20-17(22)16-12-4-2-1-3-10(12)5-8-15(16)21/h1-4,6-7,9,16H,5,8H2,(H,20,22). The Morgan fingerprint density at radius 1 is 1.05 bits per heavy atom. The van der Waals surface area contributed by atoms with Crippen molar-refractivity contribution in [2.75, 3.05) is 5.32 Å². The monoisotopic (exact) mass is 333 g/mol. The quantitative estimate of drug-likeness (QED) is 0.836. The van der Waals surface area contributed by atoms with Crippen molar-refractivity contribution in [3.05, 3.63) is 63.6 Å². The number of fused-ring (bicyclic) bond motifs is 1. The Morgan fingerprint density at radius 2 is 1.82 bits per heavy atom. The van der Waals surface area contributed by atoms with E-state index >= 15 is 0 Å². The van der Waals surface area contributed by atoms with Gasteiger partial charge >= 0.3 is 0 Å². The Balaban J connectivity index is 1.88. The fourth-order valence-corrected chi connectivity index (χ4v) is 2.99. The minimum Gasteiger partial charge on any atom is -0.325 e. The van der Waals surface area contributed by atoms with Crippen LogP contribution in [-0.4, -0.2) is 11.7 Å². The maximum atomic E-state index is 12.5. The molecular formula is C17H13Cl2NO2. The molecule has 1 aliphatic rings. The minimum absolute atomic E-state index is 0.0590. The molecule has 1 amide bonds. The van der Waals surface area contributed by atoms with Crippen molar-refractivity contribution in [1.29, 1.82) is 0 Å². The molecular weight excluding hydrogens is 321 g/mol. The molecule has 3 rings (SSSR count). The highest BCUT2D eigenvalue weighted by Gasteiger charge is 2.33. The number of halogens is 2. The first kappa shape index (κ1) is 15.1. The van der Waals surface area contributed by atoms with E-state index in [1.807, 2.05) is 24.3 Å². The van der Waals surface area contributed by atoms with Crippen molar-refractivity contribution in [3.63, 3.8) is 0 Å². The predicted molar refractivity (Wildman–Crippen MR) is 87.6 cm³/mol. The van der Waals surface area contributed by atoms with E-state index in [4.69, 9.17) is 23.2 Å². The van der Waals surface area contributed by atoms with Gasteiger partial charge in [0, 0.05) is 12.1 Å². The average molecular weight is 334 g/mol. The number of carbonyl (C=O) groups is 2.